The van der Waals surface area contributed by atoms with Crippen LogP contribution in [0.15, 0.2) is 54.1 Å². The summed E-state index contributed by atoms with van der Waals surface area (Å²) in [6, 6.07) is 13.9. The van der Waals surface area contributed by atoms with Crippen molar-refractivity contribution in [2.24, 2.45) is 0 Å². The number of aliphatic hydroxyl groups excluding tert-OH is 1. The Morgan fingerprint density at radius 2 is 1.83 bits per heavy atom. The molecule has 0 saturated carbocycles. The minimum atomic E-state index is -0.662. The maximum absolute atomic E-state index is 12.9. The molecule has 29 heavy (non-hydrogen) atoms. The molecule has 2 aromatic carbocycles. The van der Waals surface area contributed by atoms with Gasteiger partial charge in [-0.05, 0) is 50.3 Å². The SMILES string of the molecule is COc1ccc(/C(O)=C2\C(=O)C(=O)N(CCN(C)C)[C@@H]2c2ccccc2)c(C)c1. The lowest BCUT2D eigenvalue weighted by molar-refractivity contribution is -0.140. The second kappa shape index (κ2) is 8.49. The van der Waals surface area contributed by atoms with E-state index in [2.05, 4.69) is 0 Å². The van der Waals surface area contributed by atoms with Gasteiger partial charge in [-0.15, -0.1) is 0 Å². The fraction of sp³-hybridized carbons (Fsp3) is 0.304. The van der Waals surface area contributed by atoms with Crippen LogP contribution in [0.5, 0.6) is 5.75 Å². The minimum Gasteiger partial charge on any atom is -0.507 e. The van der Waals surface area contributed by atoms with Crippen LogP contribution in [-0.2, 0) is 9.59 Å². The zero-order valence-electron chi connectivity index (χ0n) is 17.2. The maximum Gasteiger partial charge on any atom is 0.295 e. The van der Waals surface area contributed by atoms with E-state index in [9.17, 15) is 14.7 Å². The number of amides is 1. The van der Waals surface area contributed by atoms with E-state index in [1.165, 1.54) is 0 Å². The maximum atomic E-state index is 12.9. The van der Waals surface area contributed by atoms with Crippen LogP contribution < -0.4 is 4.74 Å². The van der Waals surface area contributed by atoms with E-state index in [0.29, 0.717) is 24.4 Å². The molecule has 1 atom stereocenters. The topological polar surface area (TPSA) is 70.1 Å². The van der Waals surface area contributed by atoms with Gasteiger partial charge in [-0.25, -0.2) is 0 Å². The van der Waals surface area contributed by atoms with Crippen molar-refractivity contribution in [3.63, 3.8) is 0 Å². The number of ether oxygens (including phenoxy) is 1. The first-order chi connectivity index (χ1) is 13.8. The fourth-order valence-corrected chi connectivity index (χ4v) is 3.57. The molecule has 1 N–H and O–H groups in total. The number of Topliss-reactive ketones (excluding diaryl/α,β-unsaturated/α-hetero) is 1. The Bertz CT molecular complexity index is 951. The van der Waals surface area contributed by atoms with E-state index in [0.717, 1.165) is 11.1 Å². The van der Waals surface area contributed by atoms with E-state index in [1.54, 1.807) is 30.2 Å². The summed E-state index contributed by atoms with van der Waals surface area (Å²) in [6.45, 7) is 2.82. The van der Waals surface area contributed by atoms with Crippen LogP contribution in [0.2, 0.25) is 0 Å². The molecule has 0 spiro atoms. The molecule has 0 radical (unpaired) electrons. The smallest absolute Gasteiger partial charge is 0.295 e. The second-order valence-electron chi connectivity index (χ2n) is 7.39. The van der Waals surface area contributed by atoms with E-state index in [1.807, 2.05) is 56.3 Å². The monoisotopic (exact) mass is 394 g/mol. The third kappa shape index (κ3) is 4.03. The standard InChI is InChI=1S/C23H26N2O4/c1-15-14-17(29-4)10-11-18(15)21(26)19-20(16-8-6-5-7-9-16)25(13-12-24(2)3)23(28)22(19)27/h5-11,14,20,26H,12-13H2,1-4H3/b21-19+/t20-/m1/s1. The Balaban J connectivity index is 2.15. The molecular formula is C23H26N2O4. The molecule has 0 aromatic heterocycles. The summed E-state index contributed by atoms with van der Waals surface area (Å²) < 4.78 is 5.22. The third-order valence-corrected chi connectivity index (χ3v) is 5.13. The molecule has 1 saturated heterocycles. The highest BCUT2D eigenvalue weighted by atomic mass is 16.5. The molecule has 1 aliphatic rings. The molecule has 3 rings (SSSR count). The van der Waals surface area contributed by atoms with E-state index >= 15 is 0 Å². The molecule has 1 heterocycles. The first kappa shape index (κ1) is 20.6. The molecule has 1 fully saturated rings. The van der Waals surface area contributed by atoms with E-state index < -0.39 is 17.7 Å². The number of ketones is 1. The van der Waals surface area contributed by atoms with Gasteiger partial charge in [-0.3, -0.25) is 9.59 Å². The number of likely N-dealkylation sites (N-methyl/N-ethyl adjacent to an activating group) is 1. The quantitative estimate of drug-likeness (QED) is 0.463. The summed E-state index contributed by atoms with van der Waals surface area (Å²) in [5.41, 5.74) is 2.18. The van der Waals surface area contributed by atoms with Crippen LogP contribution in [-0.4, -0.2) is 60.9 Å². The zero-order valence-corrected chi connectivity index (χ0v) is 17.2. The van der Waals surface area contributed by atoms with Crippen molar-refractivity contribution < 1.29 is 19.4 Å². The van der Waals surface area contributed by atoms with Crippen molar-refractivity contribution in [3.8, 4) is 5.75 Å². The van der Waals surface area contributed by atoms with Gasteiger partial charge in [0.25, 0.3) is 11.7 Å². The first-order valence-corrected chi connectivity index (χ1v) is 9.48. The summed E-state index contributed by atoms with van der Waals surface area (Å²) in [7, 11) is 5.39. The molecular weight excluding hydrogens is 368 g/mol. The van der Waals surface area contributed by atoms with Gasteiger partial charge >= 0.3 is 0 Å². The van der Waals surface area contributed by atoms with Gasteiger partial charge in [0.05, 0.1) is 18.7 Å². The Kier molecular flexibility index (Phi) is 6.03. The van der Waals surface area contributed by atoms with Crippen molar-refractivity contribution in [2.75, 3.05) is 34.3 Å². The van der Waals surface area contributed by atoms with Crippen LogP contribution in [0.1, 0.15) is 22.7 Å². The lowest BCUT2D eigenvalue weighted by atomic mass is 9.94. The number of carbonyl (C=O) groups is 2. The van der Waals surface area contributed by atoms with Gasteiger partial charge in [-0.1, -0.05) is 30.3 Å². The summed E-state index contributed by atoms with van der Waals surface area (Å²) in [6.07, 6.45) is 0. The van der Waals surface area contributed by atoms with Gasteiger partial charge in [0.2, 0.25) is 0 Å². The summed E-state index contributed by atoms with van der Waals surface area (Å²) in [5, 5.41) is 11.1. The van der Waals surface area contributed by atoms with Gasteiger partial charge in [0, 0.05) is 18.7 Å². The molecule has 1 aliphatic heterocycles. The summed E-state index contributed by atoms with van der Waals surface area (Å²) in [4.78, 5) is 29.3. The van der Waals surface area contributed by atoms with Crippen LogP contribution in [0, 0.1) is 6.92 Å². The molecule has 0 bridgehead atoms. The number of methoxy groups -OCH3 is 1. The van der Waals surface area contributed by atoms with Crippen molar-refractivity contribution in [2.45, 2.75) is 13.0 Å². The fourth-order valence-electron chi connectivity index (χ4n) is 3.57. The number of nitrogens with zero attached hydrogens (tertiary/aromatic N) is 2. The van der Waals surface area contributed by atoms with E-state index in [4.69, 9.17) is 4.74 Å². The Hall–Kier alpha value is -3.12. The van der Waals surface area contributed by atoms with Gasteiger partial charge in [0.15, 0.2) is 0 Å². The Morgan fingerprint density at radius 1 is 1.14 bits per heavy atom. The van der Waals surface area contributed by atoms with Crippen molar-refractivity contribution in [3.05, 3.63) is 70.8 Å². The number of likely N-dealkylation sites (tertiary alicyclic amines) is 1. The average molecular weight is 394 g/mol. The molecule has 0 aliphatic carbocycles. The number of aliphatic hydroxyl groups is 1. The summed E-state index contributed by atoms with van der Waals surface area (Å²) >= 11 is 0. The number of benzene rings is 2. The molecule has 152 valence electrons. The van der Waals surface area contributed by atoms with Crippen molar-refractivity contribution >= 4 is 17.4 Å². The summed E-state index contributed by atoms with van der Waals surface area (Å²) in [5.74, 6) is -0.756. The van der Waals surface area contributed by atoms with Crippen LogP contribution in [0.25, 0.3) is 5.76 Å². The highest BCUT2D eigenvalue weighted by Crippen LogP contribution is 2.39. The Morgan fingerprint density at radius 3 is 2.41 bits per heavy atom. The second-order valence-corrected chi connectivity index (χ2v) is 7.39. The minimum absolute atomic E-state index is 0.119. The molecule has 1 amide bonds. The Labute approximate surface area is 171 Å². The molecule has 2 aromatic rings. The van der Waals surface area contributed by atoms with Gasteiger partial charge < -0.3 is 19.6 Å². The van der Waals surface area contributed by atoms with Crippen LogP contribution in [0.3, 0.4) is 0 Å². The molecule has 6 heteroatoms. The largest absolute Gasteiger partial charge is 0.507 e. The van der Waals surface area contributed by atoms with Crippen LogP contribution >= 0.6 is 0 Å². The van der Waals surface area contributed by atoms with Gasteiger partial charge in [-0.2, -0.15) is 0 Å². The molecule has 0 unspecified atom stereocenters. The predicted octanol–water partition coefficient (Wildman–Crippen LogP) is 2.99. The first-order valence-electron chi connectivity index (χ1n) is 9.48. The highest BCUT2D eigenvalue weighted by molar-refractivity contribution is 6.46. The van der Waals surface area contributed by atoms with Gasteiger partial charge in [0.1, 0.15) is 11.5 Å². The number of hydrogen-bond donors (Lipinski definition) is 1. The lowest BCUT2D eigenvalue weighted by Crippen LogP contribution is -2.35. The number of aryl methyl sites for hydroxylation is 1. The average Bonchev–Trinajstić information content (AvgIpc) is 2.97. The number of carbonyl (C=O) groups excluding carboxylic acids is 2. The highest BCUT2D eigenvalue weighted by Gasteiger charge is 2.45. The normalized spacial score (nSPS) is 18.5. The zero-order chi connectivity index (χ0) is 21.1. The van der Waals surface area contributed by atoms with Crippen molar-refractivity contribution in [1.29, 1.82) is 0 Å². The lowest BCUT2D eigenvalue weighted by Gasteiger charge is -2.26. The van der Waals surface area contributed by atoms with E-state index in [-0.39, 0.29) is 11.3 Å². The third-order valence-electron chi connectivity index (χ3n) is 5.13. The predicted molar refractivity (Wildman–Crippen MR) is 112 cm³/mol. The number of hydrogen-bond acceptors (Lipinski definition) is 5. The van der Waals surface area contributed by atoms with Crippen molar-refractivity contribution in [1.82, 2.24) is 9.80 Å². The number of rotatable bonds is 6. The molecule has 6 nitrogen and oxygen atoms in total. The van der Waals surface area contributed by atoms with Crippen LogP contribution in [0.4, 0.5) is 0 Å².